The summed E-state index contributed by atoms with van der Waals surface area (Å²) >= 11 is 0. The molecule has 0 aliphatic heterocycles. The molecule has 4 aromatic rings. The average Bonchev–Trinajstić information content (AvgIpc) is 3.38. The number of carboxylic acid groups (broad SMARTS) is 2. The molecule has 0 heterocycles. The molecule has 0 fully saturated rings. The van der Waals surface area contributed by atoms with Crippen LogP contribution in [-0.4, -0.2) is 30.2 Å². The molecule has 4 nitrogen and oxygen atoms in total. The minimum absolute atomic E-state index is 0. The van der Waals surface area contributed by atoms with E-state index in [1.165, 1.54) is 31.9 Å². The zero-order valence-electron chi connectivity index (χ0n) is 22.6. The maximum atomic E-state index is 10.0. The Morgan fingerprint density at radius 1 is 0.667 bits per heavy atom. The van der Waals surface area contributed by atoms with Gasteiger partial charge in [-0.15, -0.1) is 69.7 Å². The van der Waals surface area contributed by atoms with Gasteiger partial charge < -0.3 is 10.2 Å². The van der Waals surface area contributed by atoms with E-state index in [2.05, 4.69) is 85.9 Å². The summed E-state index contributed by atoms with van der Waals surface area (Å²) in [5, 5.41) is 25.0. The summed E-state index contributed by atoms with van der Waals surface area (Å²) in [5.41, 5.74) is -1.17. The van der Waals surface area contributed by atoms with Crippen molar-refractivity contribution in [3.63, 3.8) is 0 Å². The minimum atomic E-state index is -1.62. The van der Waals surface area contributed by atoms with Gasteiger partial charge in [-0.05, 0) is 41.5 Å². The molecule has 0 spiro atoms. The Hall–Kier alpha value is -2.47. The second-order valence-electron chi connectivity index (χ2n) is 11.5. The molecule has 0 atom stereocenters. The van der Waals surface area contributed by atoms with Crippen molar-refractivity contribution >= 4 is 51.9 Å². The zero-order chi connectivity index (χ0) is 26.6. The van der Waals surface area contributed by atoms with Crippen LogP contribution < -0.4 is 10.4 Å². The van der Waals surface area contributed by atoms with Crippen molar-refractivity contribution in [2.45, 2.75) is 54.6 Å². The predicted molar refractivity (Wildman–Crippen MR) is 150 cm³/mol. The Morgan fingerprint density at radius 2 is 0.944 bits per heavy atom. The van der Waals surface area contributed by atoms with E-state index in [1.807, 2.05) is 0 Å². The molecule has 36 heavy (non-hydrogen) atoms. The predicted octanol–water partition coefficient (Wildman–Crippen LogP) is 6.49. The zero-order valence-corrected chi connectivity index (χ0v) is 25.2. The Kier molecular flexibility index (Phi) is 10.7. The fraction of sp³-hybridized carbons (Fsp3) is 0.333. The van der Waals surface area contributed by atoms with E-state index in [0.717, 1.165) is 0 Å². The number of aliphatic carboxylic acids is 2. The van der Waals surface area contributed by atoms with Crippen LogP contribution in [0.2, 0.25) is 13.1 Å². The normalized spacial score (nSPS) is 11.6. The first-order valence-corrected chi connectivity index (χ1v) is 14.8. The number of fused-ring (bicyclic) bond motifs is 2. The molecule has 0 bridgehead atoms. The fourth-order valence-corrected chi connectivity index (χ4v) is 5.59. The van der Waals surface area contributed by atoms with Gasteiger partial charge in [-0.25, -0.2) is 0 Å². The maximum Gasteiger partial charge on any atom is 2.00 e. The second kappa shape index (κ2) is 12.2. The molecule has 0 unspecified atom stereocenters. The van der Waals surface area contributed by atoms with Crippen LogP contribution >= 0.6 is 0 Å². The van der Waals surface area contributed by atoms with Crippen LogP contribution in [0.5, 0.6) is 0 Å². The molecule has 2 N–H and O–H groups in total. The van der Waals surface area contributed by atoms with Gasteiger partial charge in [-0.1, -0.05) is 25.2 Å². The third kappa shape index (κ3) is 8.29. The van der Waals surface area contributed by atoms with E-state index < -0.39 is 30.8 Å². The summed E-state index contributed by atoms with van der Waals surface area (Å²) in [5.74, 6) is -1.51. The number of benzene rings is 2. The van der Waals surface area contributed by atoms with Crippen molar-refractivity contribution in [2.75, 3.05) is 0 Å². The van der Waals surface area contributed by atoms with Gasteiger partial charge >= 0.3 is 33.7 Å². The first-order chi connectivity index (χ1) is 16.0. The number of rotatable bonds is 2. The van der Waals surface area contributed by atoms with Crippen molar-refractivity contribution in [3.8, 4) is 0 Å². The average molecular weight is 539 g/mol. The van der Waals surface area contributed by atoms with Crippen molar-refractivity contribution < 1.29 is 41.5 Å². The summed E-state index contributed by atoms with van der Waals surface area (Å²) in [6.07, 6.45) is 0. The Balaban J connectivity index is 0.000000362. The van der Waals surface area contributed by atoms with Gasteiger partial charge in [-0.2, -0.15) is 22.9 Å². The van der Waals surface area contributed by atoms with Crippen molar-refractivity contribution in [1.82, 2.24) is 0 Å². The molecular formula is C30H38O4SiTi. The molecule has 4 aromatic carbocycles. The Bertz CT molecular complexity index is 1130. The van der Waals surface area contributed by atoms with Gasteiger partial charge in [0.15, 0.2) is 0 Å². The smallest absolute Gasteiger partial charge is 0.481 e. The van der Waals surface area contributed by atoms with E-state index in [9.17, 15) is 9.59 Å². The summed E-state index contributed by atoms with van der Waals surface area (Å²) in [6, 6.07) is 26.9. The van der Waals surface area contributed by atoms with Crippen molar-refractivity contribution in [2.24, 2.45) is 10.8 Å². The van der Waals surface area contributed by atoms with Gasteiger partial charge in [0, 0.05) is 0 Å². The van der Waals surface area contributed by atoms with Crippen LogP contribution in [0, 0.1) is 10.8 Å². The second-order valence-corrected chi connectivity index (χ2v) is 15.9. The SMILES string of the molecule is CC(C)(C)C(=O)O.CC(C)(C)C(=O)O.C[Si](C)(c1cc2ccccc2[cH-]1)c1cc2ccccc2[cH-]1.[Ti+2]. The Labute approximate surface area is 231 Å². The topological polar surface area (TPSA) is 74.6 Å². The maximum absolute atomic E-state index is 10.0. The largest absolute Gasteiger partial charge is 2.00 e. The fourth-order valence-electron chi connectivity index (χ4n) is 3.19. The Morgan fingerprint density at radius 3 is 1.19 bits per heavy atom. The number of hydrogen-bond acceptors (Lipinski definition) is 2. The van der Waals surface area contributed by atoms with Crippen molar-refractivity contribution in [3.05, 3.63) is 72.8 Å². The van der Waals surface area contributed by atoms with Crippen LogP contribution in [-0.2, 0) is 31.3 Å². The molecule has 0 saturated heterocycles. The minimum Gasteiger partial charge on any atom is -0.481 e. The van der Waals surface area contributed by atoms with E-state index in [1.54, 1.807) is 41.5 Å². The molecule has 0 radical (unpaired) electrons. The molecule has 0 aliphatic rings. The molecule has 0 amide bonds. The summed E-state index contributed by atoms with van der Waals surface area (Å²) in [6.45, 7) is 14.9. The molecule has 6 heteroatoms. The van der Waals surface area contributed by atoms with Gasteiger partial charge in [0.2, 0.25) is 0 Å². The van der Waals surface area contributed by atoms with Crippen LogP contribution in [0.25, 0.3) is 21.5 Å². The van der Waals surface area contributed by atoms with Gasteiger partial charge in [0.25, 0.3) is 0 Å². The van der Waals surface area contributed by atoms with Crippen LogP contribution in [0.15, 0.2) is 72.8 Å². The monoisotopic (exact) mass is 538 g/mol. The van der Waals surface area contributed by atoms with E-state index in [4.69, 9.17) is 10.2 Å². The molecule has 4 rings (SSSR count). The summed E-state index contributed by atoms with van der Waals surface area (Å²) in [7, 11) is -1.62. The van der Waals surface area contributed by atoms with Crippen LogP contribution in [0.1, 0.15) is 41.5 Å². The standard InChI is InChI=1S/C20H18Si.2C5H10O2.Ti/c1-21(2,19-11-15-7-3-4-8-16(15)12-19)20-13-17-9-5-6-10-18(17)14-20;2*1-5(2,3)4(6)7;/h3-14H,1-2H3;2*1-3H3,(H,6,7);/q-2;;;+2. The molecule has 0 aliphatic carbocycles. The molecule has 190 valence electrons. The third-order valence-corrected chi connectivity index (χ3v) is 9.43. The van der Waals surface area contributed by atoms with Gasteiger partial charge in [-0.3, -0.25) is 9.59 Å². The molecular weight excluding hydrogens is 500 g/mol. The van der Waals surface area contributed by atoms with Gasteiger partial charge in [0.05, 0.1) is 18.9 Å². The van der Waals surface area contributed by atoms with E-state index in [0.29, 0.717) is 0 Å². The third-order valence-electron chi connectivity index (χ3n) is 5.96. The van der Waals surface area contributed by atoms with Crippen molar-refractivity contribution in [1.29, 1.82) is 0 Å². The first kappa shape index (κ1) is 31.6. The number of carbonyl (C=O) groups is 2. The summed E-state index contributed by atoms with van der Waals surface area (Å²) in [4.78, 5) is 20.0. The first-order valence-electron chi connectivity index (χ1n) is 11.8. The quantitative estimate of drug-likeness (QED) is 0.226. The van der Waals surface area contributed by atoms with Crippen LogP contribution in [0.3, 0.4) is 0 Å². The van der Waals surface area contributed by atoms with E-state index >= 15 is 0 Å². The number of carboxylic acids is 2. The van der Waals surface area contributed by atoms with Crippen LogP contribution in [0.4, 0.5) is 0 Å². The molecule has 0 aromatic heterocycles. The summed E-state index contributed by atoms with van der Waals surface area (Å²) < 4.78 is 0. The van der Waals surface area contributed by atoms with E-state index in [-0.39, 0.29) is 21.7 Å². The number of hydrogen-bond donors (Lipinski definition) is 2. The van der Waals surface area contributed by atoms with Gasteiger partial charge in [0.1, 0.15) is 0 Å². The molecule has 0 saturated carbocycles.